The van der Waals surface area contributed by atoms with E-state index < -0.39 is 5.97 Å². The Morgan fingerprint density at radius 1 is 0.846 bits per heavy atom. The van der Waals surface area contributed by atoms with E-state index >= 15 is 0 Å². The van der Waals surface area contributed by atoms with Crippen molar-refractivity contribution in [1.82, 2.24) is 0 Å². The van der Waals surface area contributed by atoms with Crippen molar-refractivity contribution in [2.75, 3.05) is 21.3 Å². The highest BCUT2D eigenvalue weighted by atomic mass is 16.5. The fourth-order valence-corrected chi connectivity index (χ4v) is 2.29. The van der Waals surface area contributed by atoms with E-state index in [2.05, 4.69) is 0 Å². The van der Waals surface area contributed by atoms with Gasteiger partial charge in [0.1, 0.15) is 11.5 Å². The molecule has 2 rings (SSSR count). The number of benzene rings is 2. The Labute approximate surface area is 151 Å². The van der Waals surface area contributed by atoms with Crippen LogP contribution in [0.15, 0.2) is 42.5 Å². The van der Waals surface area contributed by atoms with Gasteiger partial charge in [-0.3, -0.25) is 9.59 Å². The minimum atomic E-state index is -0.517. The fraction of sp³-hybridized carbons (Fsp3) is 0.200. The summed E-state index contributed by atoms with van der Waals surface area (Å²) in [7, 11) is 4.59. The molecule has 0 atom stereocenters. The van der Waals surface area contributed by atoms with E-state index in [1.165, 1.54) is 26.2 Å². The average Bonchev–Trinajstić information content (AvgIpc) is 2.65. The summed E-state index contributed by atoms with van der Waals surface area (Å²) in [5.74, 6) is 0.978. The molecule has 0 amide bonds. The number of ketones is 1. The summed E-state index contributed by atoms with van der Waals surface area (Å²) < 4.78 is 20.6. The molecule has 26 heavy (non-hydrogen) atoms. The van der Waals surface area contributed by atoms with Crippen molar-refractivity contribution in [3.05, 3.63) is 53.6 Å². The van der Waals surface area contributed by atoms with Gasteiger partial charge < -0.3 is 18.9 Å². The Kier molecular flexibility index (Phi) is 6.38. The van der Waals surface area contributed by atoms with E-state index in [-0.39, 0.29) is 17.1 Å². The molecule has 0 saturated heterocycles. The quantitative estimate of drug-likeness (QED) is 0.327. The van der Waals surface area contributed by atoms with Crippen LogP contribution in [0.2, 0.25) is 0 Å². The van der Waals surface area contributed by atoms with Crippen molar-refractivity contribution in [3.63, 3.8) is 0 Å². The Bertz CT molecular complexity index is 838. The minimum absolute atomic E-state index is 0.152. The monoisotopic (exact) mass is 356 g/mol. The van der Waals surface area contributed by atoms with Gasteiger partial charge in [-0.1, -0.05) is 12.1 Å². The highest BCUT2D eigenvalue weighted by Crippen LogP contribution is 2.29. The lowest BCUT2D eigenvalue weighted by Gasteiger charge is -2.09. The summed E-state index contributed by atoms with van der Waals surface area (Å²) in [6.45, 7) is 1.27. The van der Waals surface area contributed by atoms with E-state index in [0.717, 1.165) is 5.56 Å². The SMILES string of the molecule is COc1ccc(C(=O)/C=C/c2ccc(OC)c(OC)c2)c(OC(C)=O)c1. The predicted octanol–water partition coefficient (Wildman–Crippen LogP) is 3.53. The van der Waals surface area contributed by atoms with E-state index in [9.17, 15) is 9.59 Å². The first kappa shape index (κ1) is 19.1. The third kappa shape index (κ3) is 4.63. The highest BCUT2D eigenvalue weighted by Gasteiger charge is 2.13. The fourth-order valence-electron chi connectivity index (χ4n) is 2.29. The number of allylic oxidation sites excluding steroid dienone is 1. The molecule has 0 aliphatic heterocycles. The van der Waals surface area contributed by atoms with Gasteiger partial charge in [0.15, 0.2) is 17.3 Å². The van der Waals surface area contributed by atoms with E-state index in [1.807, 2.05) is 0 Å². The van der Waals surface area contributed by atoms with Crippen LogP contribution in [-0.2, 0) is 4.79 Å². The zero-order valence-corrected chi connectivity index (χ0v) is 15.1. The Morgan fingerprint density at radius 3 is 2.19 bits per heavy atom. The number of carbonyl (C=O) groups excluding carboxylic acids is 2. The number of carbonyl (C=O) groups is 2. The molecule has 2 aromatic rings. The van der Waals surface area contributed by atoms with Crippen molar-refractivity contribution in [2.24, 2.45) is 0 Å². The molecule has 0 heterocycles. The second-order valence-corrected chi connectivity index (χ2v) is 5.27. The van der Waals surface area contributed by atoms with Gasteiger partial charge in [-0.25, -0.2) is 0 Å². The molecule has 0 unspecified atom stereocenters. The van der Waals surface area contributed by atoms with Crippen LogP contribution in [0.25, 0.3) is 6.08 Å². The lowest BCUT2D eigenvalue weighted by atomic mass is 10.1. The van der Waals surface area contributed by atoms with Crippen molar-refractivity contribution in [2.45, 2.75) is 6.92 Å². The van der Waals surface area contributed by atoms with Gasteiger partial charge in [0.05, 0.1) is 26.9 Å². The molecule has 6 nitrogen and oxygen atoms in total. The maximum absolute atomic E-state index is 12.5. The molecular formula is C20H20O6. The largest absolute Gasteiger partial charge is 0.497 e. The van der Waals surface area contributed by atoms with Gasteiger partial charge in [0, 0.05) is 13.0 Å². The molecule has 0 aromatic heterocycles. The summed E-state index contributed by atoms with van der Waals surface area (Å²) in [4.78, 5) is 23.8. The number of hydrogen-bond donors (Lipinski definition) is 0. The van der Waals surface area contributed by atoms with Crippen molar-refractivity contribution >= 4 is 17.8 Å². The van der Waals surface area contributed by atoms with Gasteiger partial charge in [-0.05, 0) is 35.9 Å². The van der Waals surface area contributed by atoms with Crippen LogP contribution in [0.3, 0.4) is 0 Å². The first-order valence-electron chi connectivity index (χ1n) is 7.79. The van der Waals surface area contributed by atoms with Crippen LogP contribution in [-0.4, -0.2) is 33.1 Å². The van der Waals surface area contributed by atoms with Crippen LogP contribution < -0.4 is 18.9 Å². The molecule has 0 spiro atoms. The number of hydrogen-bond acceptors (Lipinski definition) is 6. The maximum atomic E-state index is 12.5. The Morgan fingerprint density at radius 2 is 1.58 bits per heavy atom. The zero-order chi connectivity index (χ0) is 19.1. The van der Waals surface area contributed by atoms with Crippen LogP contribution in [0, 0.1) is 0 Å². The van der Waals surface area contributed by atoms with E-state index in [4.69, 9.17) is 18.9 Å². The topological polar surface area (TPSA) is 71.1 Å². The molecule has 0 aliphatic rings. The lowest BCUT2D eigenvalue weighted by molar-refractivity contribution is -0.131. The average molecular weight is 356 g/mol. The molecular weight excluding hydrogens is 336 g/mol. The normalized spacial score (nSPS) is 10.5. The highest BCUT2D eigenvalue weighted by molar-refractivity contribution is 6.09. The minimum Gasteiger partial charge on any atom is -0.497 e. The number of rotatable bonds is 7. The Hall–Kier alpha value is -3.28. The summed E-state index contributed by atoms with van der Waals surface area (Å²) in [6.07, 6.45) is 3.04. The second-order valence-electron chi connectivity index (χ2n) is 5.27. The van der Waals surface area contributed by atoms with Crippen LogP contribution >= 0.6 is 0 Å². The summed E-state index contributed by atoms with van der Waals surface area (Å²) in [5, 5.41) is 0. The van der Waals surface area contributed by atoms with Gasteiger partial charge in [-0.15, -0.1) is 0 Å². The molecule has 0 N–H and O–H groups in total. The summed E-state index contributed by atoms with van der Waals surface area (Å²) in [5.41, 5.74) is 1.02. The molecule has 0 aliphatic carbocycles. The van der Waals surface area contributed by atoms with Crippen LogP contribution in [0.4, 0.5) is 0 Å². The molecule has 136 valence electrons. The third-order valence-electron chi connectivity index (χ3n) is 3.54. The zero-order valence-electron chi connectivity index (χ0n) is 15.1. The Balaban J connectivity index is 2.29. The smallest absolute Gasteiger partial charge is 0.308 e. The van der Waals surface area contributed by atoms with Gasteiger partial charge in [0.2, 0.25) is 0 Å². The van der Waals surface area contributed by atoms with Crippen LogP contribution in [0.5, 0.6) is 23.0 Å². The number of ether oxygens (including phenoxy) is 4. The van der Waals surface area contributed by atoms with Crippen LogP contribution in [0.1, 0.15) is 22.8 Å². The van der Waals surface area contributed by atoms with Crippen molar-refractivity contribution in [1.29, 1.82) is 0 Å². The van der Waals surface area contributed by atoms with Crippen molar-refractivity contribution in [3.8, 4) is 23.0 Å². The van der Waals surface area contributed by atoms with Crippen molar-refractivity contribution < 1.29 is 28.5 Å². The molecule has 6 heteroatoms. The molecule has 0 fully saturated rings. The number of esters is 1. The first-order valence-corrected chi connectivity index (χ1v) is 7.79. The predicted molar refractivity (Wildman–Crippen MR) is 97.2 cm³/mol. The van der Waals surface area contributed by atoms with Gasteiger partial charge in [-0.2, -0.15) is 0 Å². The number of methoxy groups -OCH3 is 3. The van der Waals surface area contributed by atoms with E-state index in [0.29, 0.717) is 17.2 Å². The maximum Gasteiger partial charge on any atom is 0.308 e. The first-order chi connectivity index (χ1) is 12.5. The molecule has 2 aromatic carbocycles. The molecule has 0 radical (unpaired) electrons. The second kappa shape index (κ2) is 8.71. The third-order valence-corrected chi connectivity index (χ3v) is 3.54. The van der Waals surface area contributed by atoms with Gasteiger partial charge >= 0.3 is 5.97 Å². The molecule has 0 saturated carbocycles. The van der Waals surface area contributed by atoms with E-state index in [1.54, 1.807) is 50.6 Å². The summed E-state index contributed by atoms with van der Waals surface area (Å²) >= 11 is 0. The van der Waals surface area contributed by atoms with Gasteiger partial charge in [0.25, 0.3) is 0 Å². The lowest BCUT2D eigenvalue weighted by Crippen LogP contribution is -2.07. The standard InChI is InChI=1S/C20H20O6/c1-13(21)26-19-12-15(23-2)7-8-16(19)17(22)9-5-14-6-10-18(24-3)20(11-14)25-4/h5-12H,1-4H3/b9-5+. The molecule has 0 bridgehead atoms. The summed E-state index contributed by atoms with van der Waals surface area (Å²) in [6, 6.07) is 9.98.